The Balaban J connectivity index is 2.76. The van der Waals surface area contributed by atoms with Gasteiger partial charge in [0, 0.05) is 33.5 Å². The van der Waals surface area contributed by atoms with Gasteiger partial charge in [-0.25, -0.2) is 16.8 Å². The largest absolute Gasteiger partial charge is 0.352 e. The van der Waals surface area contributed by atoms with Crippen molar-refractivity contribution in [3.63, 3.8) is 0 Å². The van der Waals surface area contributed by atoms with Gasteiger partial charge in [0.25, 0.3) is 15.0 Å². The van der Waals surface area contributed by atoms with Crippen LogP contribution in [0.25, 0.3) is 0 Å². The van der Waals surface area contributed by atoms with E-state index in [0.717, 1.165) is 12.3 Å². The van der Waals surface area contributed by atoms with Crippen LogP contribution in [0.2, 0.25) is 0 Å². The zero-order valence-corrected chi connectivity index (χ0v) is 14.9. The van der Waals surface area contributed by atoms with Gasteiger partial charge in [-0.1, -0.05) is 0 Å². The lowest BCUT2D eigenvalue weighted by Crippen LogP contribution is -2.26. The molecule has 0 saturated carbocycles. The summed E-state index contributed by atoms with van der Waals surface area (Å²) in [5.74, 6) is -0.535. The van der Waals surface area contributed by atoms with Crippen LogP contribution in [-0.2, 0) is 18.9 Å². The normalized spacial score (nSPS) is 12.1. The Morgan fingerprint density at radius 2 is 1.90 bits per heavy atom. The van der Waals surface area contributed by atoms with Crippen molar-refractivity contribution in [2.45, 2.75) is 11.3 Å². The second-order valence-electron chi connectivity index (χ2n) is 4.32. The molecule has 1 aromatic carbocycles. The number of sulfone groups is 1. The molecule has 0 aliphatic rings. The summed E-state index contributed by atoms with van der Waals surface area (Å²) in [5, 5.41) is 2.51. The number of halogens is 2. The van der Waals surface area contributed by atoms with Crippen molar-refractivity contribution >= 4 is 51.4 Å². The highest BCUT2D eigenvalue weighted by molar-refractivity contribution is 9.10. The summed E-state index contributed by atoms with van der Waals surface area (Å²) < 4.78 is 44.8. The summed E-state index contributed by atoms with van der Waals surface area (Å²) in [4.78, 5) is 11.6. The van der Waals surface area contributed by atoms with E-state index >= 15 is 0 Å². The highest BCUT2D eigenvalue weighted by Crippen LogP contribution is 2.26. The van der Waals surface area contributed by atoms with Crippen LogP contribution in [0, 0.1) is 0 Å². The topological polar surface area (TPSA) is 97.4 Å². The van der Waals surface area contributed by atoms with Crippen molar-refractivity contribution in [3.05, 3.63) is 28.2 Å². The molecule has 0 spiro atoms. The van der Waals surface area contributed by atoms with Crippen molar-refractivity contribution in [3.8, 4) is 0 Å². The number of carbonyl (C=O) groups excluding carboxylic acids is 1. The van der Waals surface area contributed by atoms with Gasteiger partial charge in [0.05, 0.1) is 10.6 Å². The van der Waals surface area contributed by atoms with E-state index < -0.39 is 24.8 Å². The zero-order valence-electron chi connectivity index (χ0n) is 11.0. The number of hydrogen-bond donors (Lipinski definition) is 1. The molecule has 1 rings (SSSR count). The molecule has 0 aliphatic carbocycles. The zero-order chi connectivity index (χ0) is 16.3. The van der Waals surface area contributed by atoms with Crippen LogP contribution < -0.4 is 5.32 Å². The molecule has 118 valence electrons. The third kappa shape index (κ3) is 6.33. The van der Waals surface area contributed by atoms with E-state index in [2.05, 4.69) is 21.2 Å². The first kappa shape index (κ1) is 18.4. The van der Waals surface area contributed by atoms with Crippen LogP contribution in [0.5, 0.6) is 0 Å². The fourth-order valence-corrected chi connectivity index (χ4v) is 4.26. The summed E-state index contributed by atoms with van der Waals surface area (Å²) in [6.07, 6.45) is 1.39. The Morgan fingerprint density at radius 1 is 1.29 bits per heavy atom. The van der Waals surface area contributed by atoms with Crippen LogP contribution >= 0.6 is 26.6 Å². The van der Waals surface area contributed by atoms with Gasteiger partial charge in [0.15, 0.2) is 0 Å². The van der Waals surface area contributed by atoms with Crippen LogP contribution in [0.15, 0.2) is 27.6 Å². The van der Waals surface area contributed by atoms with Gasteiger partial charge in [-0.3, -0.25) is 4.79 Å². The Labute approximate surface area is 136 Å². The van der Waals surface area contributed by atoms with Crippen molar-refractivity contribution in [1.82, 2.24) is 5.32 Å². The number of hydrogen-bond acceptors (Lipinski definition) is 5. The molecule has 0 aromatic heterocycles. The van der Waals surface area contributed by atoms with E-state index in [4.69, 9.17) is 10.7 Å². The van der Waals surface area contributed by atoms with Gasteiger partial charge < -0.3 is 5.32 Å². The molecular formula is C11H13BrClNO5S2. The smallest absolute Gasteiger partial charge is 0.262 e. The minimum absolute atomic E-state index is 0.0328. The number of amides is 1. The fraction of sp³-hybridized carbons (Fsp3) is 0.364. The predicted molar refractivity (Wildman–Crippen MR) is 83.8 cm³/mol. The molecule has 0 saturated heterocycles. The first-order valence-corrected chi connectivity index (χ1v) is 10.9. The molecule has 1 aromatic rings. The first-order valence-electron chi connectivity index (χ1n) is 5.71. The average Bonchev–Trinajstić information content (AvgIpc) is 2.32. The fourth-order valence-electron chi connectivity index (χ4n) is 1.47. The van der Waals surface area contributed by atoms with Crippen molar-refractivity contribution in [2.75, 3.05) is 18.6 Å². The van der Waals surface area contributed by atoms with Crippen molar-refractivity contribution in [1.29, 1.82) is 0 Å². The molecule has 0 atom stereocenters. The molecule has 0 bridgehead atoms. The van der Waals surface area contributed by atoms with E-state index in [1.54, 1.807) is 0 Å². The molecule has 0 fully saturated rings. The summed E-state index contributed by atoms with van der Waals surface area (Å²) in [5.41, 5.74) is 0.122. The van der Waals surface area contributed by atoms with Crippen molar-refractivity contribution in [2.24, 2.45) is 0 Å². The third-order valence-electron chi connectivity index (χ3n) is 2.43. The van der Waals surface area contributed by atoms with E-state index in [-0.39, 0.29) is 33.7 Å². The van der Waals surface area contributed by atoms with Gasteiger partial charge in [-0.2, -0.15) is 0 Å². The minimum Gasteiger partial charge on any atom is -0.352 e. The maximum absolute atomic E-state index is 11.8. The van der Waals surface area contributed by atoms with Gasteiger partial charge in [0.2, 0.25) is 0 Å². The molecule has 0 radical (unpaired) electrons. The minimum atomic E-state index is -3.97. The highest BCUT2D eigenvalue weighted by atomic mass is 79.9. The summed E-state index contributed by atoms with van der Waals surface area (Å²) in [6, 6.07) is 3.99. The Morgan fingerprint density at radius 3 is 2.43 bits per heavy atom. The lowest BCUT2D eigenvalue weighted by Gasteiger charge is -2.07. The van der Waals surface area contributed by atoms with Gasteiger partial charge in [-0.15, -0.1) is 0 Å². The molecule has 10 heteroatoms. The van der Waals surface area contributed by atoms with Crippen molar-refractivity contribution < 1.29 is 21.6 Å². The SMILES string of the molecule is CS(=O)(=O)CCCNC(=O)c1ccc(Br)c(S(=O)(=O)Cl)c1. The first-order chi connectivity index (χ1) is 9.50. The molecular weight excluding hydrogens is 406 g/mol. The number of rotatable bonds is 6. The lowest BCUT2D eigenvalue weighted by atomic mass is 10.2. The molecule has 6 nitrogen and oxygen atoms in total. The standard InChI is InChI=1S/C11H13BrClNO5S2/c1-20(16,17)6-2-5-14-11(15)8-3-4-9(12)10(7-8)21(13,18)19/h3-4,7H,2,5-6H2,1H3,(H,14,15). The molecule has 1 amide bonds. The summed E-state index contributed by atoms with van der Waals surface area (Å²) in [6.45, 7) is 0.172. The molecule has 0 heterocycles. The average molecular weight is 419 g/mol. The Bertz CT molecular complexity index is 746. The predicted octanol–water partition coefficient (Wildman–Crippen LogP) is 1.54. The lowest BCUT2D eigenvalue weighted by molar-refractivity contribution is 0.0953. The maximum atomic E-state index is 11.8. The monoisotopic (exact) mass is 417 g/mol. The Kier molecular flexibility index (Phi) is 6.21. The second-order valence-corrected chi connectivity index (χ2v) is 9.97. The van der Waals surface area contributed by atoms with Crippen LogP contribution in [0.1, 0.15) is 16.8 Å². The van der Waals surface area contributed by atoms with Gasteiger partial charge in [0.1, 0.15) is 9.84 Å². The second kappa shape index (κ2) is 7.08. The molecule has 21 heavy (non-hydrogen) atoms. The number of benzene rings is 1. The van der Waals surface area contributed by atoms with Crippen LogP contribution in [0.4, 0.5) is 0 Å². The van der Waals surface area contributed by atoms with Gasteiger partial charge >= 0.3 is 0 Å². The quantitative estimate of drug-likeness (QED) is 0.558. The molecule has 1 N–H and O–H groups in total. The van der Waals surface area contributed by atoms with E-state index in [9.17, 15) is 21.6 Å². The van der Waals surface area contributed by atoms with Crippen LogP contribution in [0.3, 0.4) is 0 Å². The Hall–Kier alpha value is -0.640. The molecule has 0 unspecified atom stereocenters. The molecule has 0 aliphatic heterocycles. The number of carbonyl (C=O) groups is 1. The van der Waals surface area contributed by atoms with E-state index in [0.29, 0.717) is 0 Å². The van der Waals surface area contributed by atoms with E-state index in [1.165, 1.54) is 12.1 Å². The van der Waals surface area contributed by atoms with Crippen LogP contribution in [-0.4, -0.2) is 41.3 Å². The number of nitrogens with one attached hydrogen (secondary N) is 1. The highest BCUT2D eigenvalue weighted by Gasteiger charge is 2.17. The maximum Gasteiger partial charge on any atom is 0.262 e. The van der Waals surface area contributed by atoms with E-state index in [1.807, 2.05) is 0 Å². The van der Waals surface area contributed by atoms with Gasteiger partial charge in [-0.05, 0) is 40.5 Å². The third-order valence-corrected chi connectivity index (χ3v) is 5.78. The summed E-state index contributed by atoms with van der Waals surface area (Å²) in [7, 11) is -1.78. The summed E-state index contributed by atoms with van der Waals surface area (Å²) >= 11 is 3.04.